The monoisotopic (exact) mass is 555 g/mol. The Morgan fingerprint density at radius 1 is 1.31 bits per heavy atom. The minimum absolute atomic E-state index is 0.0455. The van der Waals surface area contributed by atoms with E-state index in [9.17, 15) is 18.8 Å². The van der Waals surface area contributed by atoms with Crippen LogP contribution in [0.3, 0.4) is 0 Å². The van der Waals surface area contributed by atoms with Crippen LogP contribution < -0.4 is 15.8 Å². The van der Waals surface area contributed by atoms with Gasteiger partial charge in [-0.25, -0.2) is 9.18 Å². The van der Waals surface area contributed by atoms with E-state index in [1.165, 1.54) is 18.2 Å². The Bertz CT molecular complexity index is 1310. The third-order valence-corrected chi connectivity index (χ3v) is 7.22. The molecular weight excluding hydrogens is 533 g/mol. The number of halogens is 2. The molecule has 0 saturated heterocycles. The molecule has 36 heavy (non-hydrogen) atoms. The summed E-state index contributed by atoms with van der Waals surface area (Å²) in [5.74, 6) is -1.56. The number of hydrogen-bond donors (Lipinski definition) is 2. The summed E-state index contributed by atoms with van der Waals surface area (Å²) < 4.78 is 25.8. The summed E-state index contributed by atoms with van der Waals surface area (Å²) in [6.45, 7) is 5.00. The predicted octanol–water partition coefficient (Wildman–Crippen LogP) is 3.95. The molecule has 10 nitrogen and oxygen atoms in total. The third-order valence-electron chi connectivity index (χ3n) is 4.69. The highest BCUT2D eigenvalue weighted by molar-refractivity contribution is 7.99. The zero-order valence-electron chi connectivity index (χ0n) is 19.8. The van der Waals surface area contributed by atoms with E-state index in [0.29, 0.717) is 22.3 Å². The second-order valence-electron chi connectivity index (χ2n) is 7.74. The van der Waals surface area contributed by atoms with Crippen LogP contribution >= 0.6 is 34.7 Å². The summed E-state index contributed by atoms with van der Waals surface area (Å²) in [5, 5.41) is 11.3. The predicted molar refractivity (Wildman–Crippen MR) is 134 cm³/mol. The molecule has 2 aromatic heterocycles. The summed E-state index contributed by atoms with van der Waals surface area (Å²) >= 11 is 7.78. The van der Waals surface area contributed by atoms with E-state index in [1.54, 1.807) is 32.4 Å². The third kappa shape index (κ3) is 6.53. The lowest BCUT2D eigenvalue weighted by atomic mass is 10.1. The number of rotatable bonds is 10. The van der Waals surface area contributed by atoms with Gasteiger partial charge in [0.1, 0.15) is 23.2 Å². The van der Waals surface area contributed by atoms with Gasteiger partial charge in [0.2, 0.25) is 5.91 Å². The maximum absolute atomic E-state index is 13.3. The Morgan fingerprint density at radius 2 is 2.03 bits per heavy atom. The van der Waals surface area contributed by atoms with Gasteiger partial charge in [0.15, 0.2) is 11.0 Å². The van der Waals surface area contributed by atoms with Crippen LogP contribution in [0, 0.1) is 12.7 Å². The van der Waals surface area contributed by atoms with Crippen LogP contribution in [0.4, 0.5) is 9.39 Å². The molecule has 0 bridgehead atoms. The Kier molecular flexibility index (Phi) is 8.93. The number of carbonyl (C=O) groups is 3. The minimum Gasteiger partial charge on any atom is -0.486 e. The molecule has 3 rings (SSSR count). The van der Waals surface area contributed by atoms with Gasteiger partial charge in [-0.3, -0.25) is 9.59 Å². The normalized spacial score (nSPS) is 11.0. The lowest BCUT2D eigenvalue weighted by molar-refractivity contribution is -0.113. The molecule has 0 spiro atoms. The Morgan fingerprint density at radius 3 is 2.67 bits per heavy atom. The summed E-state index contributed by atoms with van der Waals surface area (Å²) in [4.78, 5) is 37.1. The fourth-order valence-corrected chi connectivity index (χ4v) is 4.92. The van der Waals surface area contributed by atoms with Crippen molar-refractivity contribution in [2.45, 2.75) is 38.6 Å². The number of benzene rings is 1. The van der Waals surface area contributed by atoms with Gasteiger partial charge in [0.25, 0.3) is 5.91 Å². The standard InChI is InChI=1S/C22H23ClFN5O5S2/c1-10(2)34-21(32)17-11(3)18(19(25)31)36-20(17)26-16(30)9-35-22-28-27-15(29(22)4)8-33-12-5-6-14(24)13(23)7-12/h5-7,10H,8-9H2,1-4H3,(H2,25,31)(H,26,30). The Balaban J connectivity index is 1.65. The number of thioether (sulfide) groups is 1. The number of carbonyl (C=O) groups excluding carboxylic acids is 3. The van der Waals surface area contributed by atoms with Crippen LogP contribution in [0.25, 0.3) is 0 Å². The molecule has 0 aliphatic heterocycles. The highest BCUT2D eigenvalue weighted by atomic mass is 35.5. The SMILES string of the molecule is Cc1c(C(N)=O)sc(NC(=O)CSc2nnc(COc3ccc(F)c(Cl)c3)n2C)c1C(=O)OC(C)C. The first kappa shape index (κ1) is 27.4. The topological polar surface area (TPSA) is 138 Å². The van der Waals surface area contributed by atoms with Gasteiger partial charge >= 0.3 is 5.97 Å². The van der Waals surface area contributed by atoms with Gasteiger partial charge in [-0.15, -0.1) is 21.5 Å². The van der Waals surface area contributed by atoms with E-state index in [-0.39, 0.29) is 38.9 Å². The molecule has 0 unspecified atom stereocenters. The number of thiophene rings is 1. The number of aromatic nitrogens is 3. The highest BCUT2D eigenvalue weighted by Gasteiger charge is 2.26. The van der Waals surface area contributed by atoms with Crippen molar-refractivity contribution in [1.29, 1.82) is 0 Å². The van der Waals surface area contributed by atoms with E-state index in [1.807, 2.05) is 0 Å². The first-order chi connectivity index (χ1) is 17.0. The Hall–Kier alpha value is -3.16. The number of esters is 1. The van der Waals surface area contributed by atoms with E-state index in [4.69, 9.17) is 26.8 Å². The van der Waals surface area contributed by atoms with Crippen molar-refractivity contribution in [3.8, 4) is 5.75 Å². The summed E-state index contributed by atoms with van der Waals surface area (Å²) in [6, 6.07) is 4.00. The molecular formula is C22H23ClFN5O5S2. The fourth-order valence-electron chi connectivity index (χ4n) is 2.96. The zero-order chi connectivity index (χ0) is 26.6. The van der Waals surface area contributed by atoms with Gasteiger partial charge in [-0.1, -0.05) is 23.4 Å². The number of amides is 2. The van der Waals surface area contributed by atoms with Crippen LogP contribution in [0.5, 0.6) is 5.75 Å². The molecule has 192 valence electrons. The first-order valence-corrected chi connectivity index (χ1v) is 12.7. The molecule has 14 heteroatoms. The van der Waals surface area contributed by atoms with Crippen LogP contribution in [0.15, 0.2) is 23.4 Å². The molecule has 0 saturated carbocycles. The molecule has 3 N–H and O–H groups in total. The largest absolute Gasteiger partial charge is 0.486 e. The molecule has 1 aromatic carbocycles. The zero-order valence-corrected chi connectivity index (χ0v) is 22.1. The molecule has 0 fully saturated rings. The number of nitrogens with zero attached hydrogens (tertiary/aromatic N) is 3. The average molecular weight is 556 g/mol. The van der Waals surface area contributed by atoms with Crippen molar-refractivity contribution < 1.29 is 28.2 Å². The smallest absolute Gasteiger partial charge is 0.341 e. The Labute approximate surface area is 219 Å². The number of hydrogen-bond acceptors (Lipinski definition) is 9. The van der Waals surface area contributed by atoms with Crippen molar-refractivity contribution in [2.24, 2.45) is 12.8 Å². The van der Waals surface area contributed by atoms with Crippen molar-refractivity contribution in [3.05, 3.63) is 50.9 Å². The lowest BCUT2D eigenvalue weighted by Gasteiger charge is -2.10. The number of ether oxygens (including phenoxy) is 2. The maximum atomic E-state index is 13.3. The quantitative estimate of drug-likeness (QED) is 0.283. The van der Waals surface area contributed by atoms with Crippen LogP contribution in [0.1, 0.15) is 45.3 Å². The second kappa shape index (κ2) is 11.7. The van der Waals surface area contributed by atoms with Crippen LogP contribution in [-0.4, -0.2) is 44.4 Å². The molecule has 0 aliphatic carbocycles. The number of anilines is 1. The molecule has 2 heterocycles. The van der Waals surface area contributed by atoms with Gasteiger partial charge in [-0.05, 0) is 38.5 Å². The minimum atomic E-state index is -0.706. The van der Waals surface area contributed by atoms with Crippen molar-refractivity contribution >= 4 is 57.5 Å². The van der Waals surface area contributed by atoms with Gasteiger partial charge in [-0.2, -0.15) is 0 Å². The molecule has 3 aromatic rings. The van der Waals surface area contributed by atoms with E-state index >= 15 is 0 Å². The van der Waals surface area contributed by atoms with Gasteiger partial charge in [0, 0.05) is 13.1 Å². The highest BCUT2D eigenvalue weighted by Crippen LogP contribution is 2.34. The first-order valence-electron chi connectivity index (χ1n) is 10.5. The summed E-state index contributed by atoms with van der Waals surface area (Å²) in [7, 11) is 1.71. The number of nitrogens with one attached hydrogen (secondary N) is 1. The van der Waals surface area contributed by atoms with Crippen LogP contribution in [0.2, 0.25) is 5.02 Å². The maximum Gasteiger partial charge on any atom is 0.341 e. The molecule has 2 amide bonds. The molecule has 0 radical (unpaired) electrons. The average Bonchev–Trinajstić information content (AvgIpc) is 3.31. The van der Waals surface area contributed by atoms with Crippen LogP contribution in [-0.2, 0) is 23.2 Å². The summed E-state index contributed by atoms with van der Waals surface area (Å²) in [5.41, 5.74) is 5.86. The number of primary amides is 1. The lowest BCUT2D eigenvalue weighted by Crippen LogP contribution is -2.18. The van der Waals surface area contributed by atoms with Gasteiger partial charge < -0.3 is 25.1 Å². The van der Waals surface area contributed by atoms with Crippen molar-refractivity contribution in [1.82, 2.24) is 14.8 Å². The van der Waals surface area contributed by atoms with Crippen molar-refractivity contribution in [2.75, 3.05) is 11.1 Å². The second-order valence-corrected chi connectivity index (χ2v) is 10.1. The fraction of sp³-hybridized carbons (Fsp3) is 0.318. The molecule has 0 atom stereocenters. The summed E-state index contributed by atoms with van der Waals surface area (Å²) in [6.07, 6.45) is -0.387. The van der Waals surface area contributed by atoms with Crippen molar-refractivity contribution in [3.63, 3.8) is 0 Å². The molecule has 0 aliphatic rings. The number of nitrogens with two attached hydrogens (primary N) is 1. The van der Waals surface area contributed by atoms with E-state index in [2.05, 4.69) is 15.5 Å². The van der Waals surface area contributed by atoms with E-state index < -0.39 is 23.6 Å². The van der Waals surface area contributed by atoms with E-state index in [0.717, 1.165) is 23.1 Å². The van der Waals surface area contributed by atoms with Gasteiger partial charge in [0.05, 0.1) is 27.3 Å².